The van der Waals surface area contributed by atoms with Crippen LogP contribution < -0.4 is 0 Å². The molecule has 1 aliphatic carbocycles. The highest BCUT2D eigenvalue weighted by atomic mass is 79.9. The number of unbranched alkanes of at least 4 members (excludes halogenated alkanes) is 1. The predicted molar refractivity (Wildman–Crippen MR) is 80.3 cm³/mol. The highest BCUT2D eigenvalue weighted by molar-refractivity contribution is 9.10. The third kappa shape index (κ3) is 4.20. The van der Waals surface area contributed by atoms with E-state index in [9.17, 15) is 5.11 Å². The van der Waals surface area contributed by atoms with Gasteiger partial charge in [0, 0.05) is 29.2 Å². The van der Waals surface area contributed by atoms with E-state index in [1.54, 1.807) is 0 Å². The Morgan fingerprint density at radius 1 is 1.32 bits per heavy atom. The normalized spacial score (nSPS) is 15.2. The lowest BCUT2D eigenvalue weighted by Crippen LogP contribution is -2.27. The molecule has 0 unspecified atom stereocenters. The number of phenolic OH excluding ortho intramolecular Hbond substituents is 1. The van der Waals surface area contributed by atoms with Crippen molar-refractivity contribution in [2.24, 2.45) is 0 Å². The second kappa shape index (κ2) is 6.73. The van der Waals surface area contributed by atoms with Crippen molar-refractivity contribution in [1.82, 2.24) is 4.90 Å². The average molecular weight is 328 g/mol. The zero-order chi connectivity index (χ0) is 13.8. The Morgan fingerprint density at radius 3 is 2.68 bits per heavy atom. The third-order valence-electron chi connectivity index (χ3n) is 3.63. The lowest BCUT2D eigenvalue weighted by molar-refractivity contribution is 0.226. The van der Waals surface area contributed by atoms with Gasteiger partial charge in [-0.05, 0) is 56.8 Å². The topological polar surface area (TPSA) is 43.7 Å². The van der Waals surface area contributed by atoms with Gasteiger partial charge in [-0.2, -0.15) is 0 Å². The van der Waals surface area contributed by atoms with Gasteiger partial charge in [-0.25, -0.2) is 0 Å². The second-order valence-corrected chi connectivity index (χ2v) is 6.28. The molecule has 3 nitrogen and oxygen atoms in total. The summed E-state index contributed by atoms with van der Waals surface area (Å²) in [5, 5.41) is 19.0. The molecule has 2 rings (SSSR count). The Kier molecular flexibility index (Phi) is 5.25. The molecule has 2 N–H and O–H groups in total. The first-order valence-corrected chi connectivity index (χ1v) is 7.74. The molecule has 0 atom stereocenters. The smallest absolute Gasteiger partial charge is 0.123 e. The number of aryl methyl sites for hydroxylation is 1. The lowest BCUT2D eigenvalue weighted by Gasteiger charge is -2.23. The number of rotatable bonds is 7. The summed E-state index contributed by atoms with van der Waals surface area (Å²) in [6, 6.07) is 4.60. The minimum absolute atomic E-state index is 0.264. The number of nitrogens with zero attached hydrogens (tertiary/aromatic N) is 1. The Morgan fingerprint density at radius 2 is 2.05 bits per heavy atom. The summed E-state index contributed by atoms with van der Waals surface area (Å²) in [4.78, 5) is 2.43. The number of benzene rings is 1. The molecule has 4 heteroatoms. The number of hydrogen-bond donors (Lipinski definition) is 2. The van der Waals surface area contributed by atoms with Crippen LogP contribution in [-0.2, 0) is 6.54 Å². The maximum absolute atomic E-state index is 10.2. The second-order valence-electron chi connectivity index (χ2n) is 5.36. The standard InChI is InChI=1S/C15H22BrNO2/c1-11-8-13(16)9-12(15(11)19)10-17(14-4-5-14)6-2-3-7-18/h8-9,14,18-19H,2-7,10H2,1H3. The summed E-state index contributed by atoms with van der Waals surface area (Å²) in [6.07, 6.45) is 4.38. The van der Waals surface area contributed by atoms with E-state index in [0.717, 1.165) is 41.5 Å². The monoisotopic (exact) mass is 327 g/mol. The molecule has 0 aliphatic heterocycles. The fourth-order valence-corrected chi connectivity index (χ4v) is 3.02. The molecule has 19 heavy (non-hydrogen) atoms. The number of aromatic hydroxyl groups is 1. The molecule has 1 saturated carbocycles. The molecule has 0 spiro atoms. The van der Waals surface area contributed by atoms with Crippen LogP contribution in [0.5, 0.6) is 5.75 Å². The first-order chi connectivity index (χ1) is 9.11. The van der Waals surface area contributed by atoms with Gasteiger partial charge in [-0.1, -0.05) is 15.9 Å². The van der Waals surface area contributed by atoms with Gasteiger partial charge >= 0.3 is 0 Å². The summed E-state index contributed by atoms with van der Waals surface area (Å²) >= 11 is 3.49. The van der Waals surface area contributed by atoms with Crippen LogP contribution in [0.15, 0.2) is 16.6 Å². The first-order valence-electron chi connectivity index (χ1n) is 6.94. The van der Waals surface area contributed by atoms with Crippen molar-refractivity contribution in [3.05, 3.63) is 27.7 Å². The van der Waals surface area contributed by atoms with Crippen molar-refractivity contribution in [3.63, 3.8) is 0 Å². The quantitative estimate of drug-likeness (QED) is 0.756. The molecular weight excluding hydrogens is 306 g/mol. The summed E-state index contributed by atoms with van der Waals surface area (Å²) in [7, 11) is 0. The van der Waals surface area contributed by atoms with E-state index in [1.807, 2.05) is 19.1 Å². The van der Waals surface area contributed by atoms with Gasteiger partial charge in [0.2, 0.25) is 0 Å². The van der Waals surface area contributed by atoms with Crippen molar-refractivity contribution < 1.29 is 10.2 Å². The van der Waals surface area contributed by atoms with Crippen molar-refractivity contribution in [3.8, 4) is 5.75 Å². The van der Waals surface area contributed by atoms with E-state index in [4.69, 9.17) is 5.11 Å². The molecule has 1 aromatic carbocycles. The minimum atomic E-state index is 0.264. The molecule has 1 aromatic rings. The Hall–Kier alpha value is -0.580. The van der Waals surface area contributed by atoms with Crippen LogP contribution in [0.4, 0.5) is 0 Å². The zero-order valence-electron chi connectivity index (χ0n) is 11.4. The van der Waals surface area contributed by atoms with Crippen LogP contribution in [0, 0.1) is 6.92 Å². The molecule has 106 valence electrons. The van der Waals surface area contributed by atoms with Gasteiger partial charge in [-0.15, -0.1) is 0 Å². The molecule has 1 aliphatic rings. The van der Waals surface area contributed by atoms with Crippen LogP contribution >= 0.6 is 15.9 Å². The highest BCUT2D eigenvalue weighted by Crippen LogP contribution is 2.32. The van der Waals surface area contributed by atoms with Crippen LogP contribution in [-0.4, -0.2) is 34.3 Å². The van der Waals surface area contributed by atoms with Gasteiger partial charge in [-0.3, -0.25) is 4.90 Å². The van der Waals surface area contributed by atoms with Gasteiger partial charge in [0.05, 0.1) is 0 Å². The largest absolute Gasteiger partial charge is 0.507 e. The maximum atomic E-state index is 10.2. The van der Waals surface area contributed by atoms with E-state index in [0.29, 0.717) is 11.8 Å². The van der Waals surface area contributed by atoms with E-state index in [1.165, 1.54) is 12.8 Å². The van der Waals surface area contributed by atoms with E-state index < -0.39 is 0 Å². The molecule has 0 amide bonds. The van der Waals surface area contributed by atoms with Crippen molar-refractivity contribution in [1.29, 1.82) is 0 Å². The van der Waals surface area contributed by atoms with Crippen LogP contribution in [0.2, 0.25) is 0 Å². The molecule has 0 saturated heterocycles. The minimum Gasteiger partial charge on any atom is -0.507 e. The molecule has 0 aromatic heterocycles. The maximum Gasteiger partial charge on any atom is 0.123 e. The van der Waals surface area contributed by atoms with Gasteiger partial charge in [0.15, 0.2) is 0 Å². The number of aliphatic hydroxyl groups excluding tert-OH is 1. The number of halogens is 1. The van der Waals surface area contributed by atoms with Crippen LogP contribution in [0.1, 0.15) is 36.8 Å². The number of aliphatic hydroxyl groups is 1. The average Bonchev–Trinajstić information content (AvgIpc) is 3.18. The summed E-state index contributed by atoms with van der Waals surface area (Å²) in [6.45, 7) is 3.98. The van der Waals surface area contributed by atoms with Gasteiger partial charge in [0.25, 0.3) is 0 Å². The number of hydrogen-bond acceptors (Lipinski definition) is 3. The predicted octanol–water partition coefficient (Wildman–Crippen LogP) is 3.20. The van der Waals surface area contributed by atoms with E-state index in [2.05, 4.69) is 20.8 Å². The van der Waals surface area contributed by atoms with Crippen LogP contribution in [0.3, 0.4) is 0 Å². The van der Waals surface area contributed by atoms with E-state index >= 15 is 0 Å². The third-order valence-corrected chi connectivity index (χ3v) is 4.09. The Balaban J connectivity index is 2.04. The molecule has 1 fully saturated rings. The Bertz CT molecular complexity index is 432. The number of phenols is 1. The van der Waals surface area contributed by atoms with Gasteiger partial charge in [0.1, 0.15) is 5.75 Å². The van der Waals surface area contributed by atoms with Crippen molar-refractivity contribution in [2.75, 3.05) is 13.2 Å². The summed E-state index contributed by atoms with van der Waals surface area (Å²) < 4.78 is 1.02. The summed E-state index contributed by atoms with van der Waals surface area (Å²) in [5.74, 6) is 0.413. The molecule has 0 heterocycles. The fourth-order valence-electron chi connectivity index (χ4n) is 2.40. The SMILES string of the molecule is Cc1cc(Br)cc(CN(CCCCO)C2CC2)c1O. The molecular formula is C15H22BrNO2. The van der Waals surface area contributed by atoms with Crippen LogP contribution in [0.25, 0.3) is 0 Å². The van der Waals surface area contributed by atoms with Crippen molar-refractivity contribution >= 4 is 15.9 Å². The first kappa shape index (κ1) is 14.8. The molecule has 0 bridgehead atoms. The fraction of sp³-hybridized carbons (Fsp3) is 0.600. The zero-order valence-corrected chi connectivity index (χ0v) is 13.0. The van der Waals surface area contributed by atoms with Crippen molar-refractivity contribution in [2.45, 2.75) is 45.2 Å². The molecule has 0 radical (unpaired) electrons. The lowest BCUT2D eigenvalue weighted by atomic mass is 10.1. The highest BCUT2D eigenvalue weighted by Gasteiger charge is 2.29. The Labute approximate surface area is 123 Å². The summed E-state index contributed by atoms with van der Waals surface area (Å²) in [5.41, 5.74) is 1.90. The van der Waals surface area contributed by atoms with E-state index in [-0.39, 0.29) is 6.61 Å². The van der Waals surface area contributed by atoms with Gasteiger partial charge < -0.3 is 10.2 Å².